The summed E-state index contributed by atoms with van der Waals surface area (Å²) in [5, 5.41) is 18.3. The highest BCUT2D eigenvalue weighted by atomic mass is 79.9. The highest BCUT2D eigenvalue weighted by molar-refractivity contribution is 9.10. The predicted molar refractivity (Wildman–Crippen MR) is 245 cm³/mol. The Morgan fingerprint density at radius 2 is 1.00 bits per heavy atom. The summed E-state index contributed by atoms with van der Waals surface area (Å²) in [5.41, 5.74) is 12.2. The van der Waals surface area contributed by atoms with Crippen molar-refractivity contribution in [3.8, 4) is 0 Å². The van der Waals surface area contributed by atoms with E-state index in [-0.39, 0.29) is 34.3 Å². The van der Waals surface area contributed by atoms with Crippen LogP contribution in [0.1, 0.15) is 69.4 Å². The van der Waals surface area contributed by atoms with Gasteiger partial charge in [-0.2, -0.15) is 0 Å². The molecule has 0 amide bonds. The highest BCUT2D eigenvalue weighted by Gasteiger charge is 2.50. The van der Waals surface area contributed by atoms with Gasteiger partial charge in [-0.25, -0.2) is 25.6 Å². The van der Waals surface area contributed by atoms with E-state index in [1.165, 1.54) is 45.8 Å². The Kier molecular flexibility index (Phi) is 15.1. The van der Waals surface area contributed by atoms with E-state index in [9.17, 15) is 25.6 Å². The lowest BCUT2D eigenvalue weighted by Gasteiger charge is -2.38. The largest absolute Gasteiger partial charge is 0.480 e. The third kappa shape index (κ3) is 11.3. The number of nitrogens with zero attached hydrogens (tertiary/aromatic N) is 2. The number of hydrogen-bond donors (Lipinski definition) is 4. The molecule has 0 bridgehead atoms. The van der Waals surface area contributed by atoms with Crippen LogP contribution in [0, 0.1) is 11.6 Å². The van der Waals surface area contributed by atoms with Crippen LogP contribution in [0.3, 0.4) is 0 Å². The van der Waals surface area contributed by atoms with Crippen LogP contribution in [0.4, 0.5) is 8.78 Å². The molecule has 0 aliphatic carbocycles. The van der Waals surface area contributed by atoms with Gasteiger partial charge in [0.15, 0.2) is 19.7 Å². The van der Waals surface area contributed by atoms with Crippen molar-refractivity contribution in [1.29, 1.82) is 0 Å². The van der Waals surface area contributed by atoms with Gasteiger partial charge in [-0.05, 0) is 113 Å². The molecule has 0 aromatic heterocycles. The third-order valence-electron chi connectivity index (χ3n) is 10.2. The van der Waals surface area contributed by atoms with Crippen molar-refractivity contribution in [2.24, 2.45) is 21.5 Å². The Morgan fingerprint density at radius 3 is 1.42 bits per heavy atom. The Labute approximate surface area is 369 Å². The summed E-state index contributed by atoms with van der Waals surface area (Å²) in [6.45, 7) is 9.23. The average molecular weight is 967 g/mol. The van der Waals surface area contributed by atoms with Gasteiger partial charge in [0.25, 0.3) is 0 Å². The summed E-state index contributed by atoms with van der Waals surface area (Å²) in [4.78, 5) is 8.69. The second-order valence-electron chi connectivity index (χ2n) is 15.7. The van der Waals surface area contributed by atoms with Crippen molar-refractivity contribution >= 4 is 95.8 Å². The first-order valence-electron chi connectivity index (χ1n) is 18.3. The summed E-state index contributed by atoms with van der Waals surface area (Å²) in [6.07, 6.45) is 5.30. The summed E-state index contributed by atoms with van der Waals surface area (Å²) >= 11 is 14.8. The summed E-state index contributed by atoms with van der Waals surface area (Å²) in [5.74, 6) is -0.327. The first kappa shape index (κ1) is 48.8. The molecule has 320 valence electrons. The Morgan fingerprint density at radius 1 is 0.633 bits per heavy atom. The summed E-state index contributed by atoms with van der Waals surface area (Å²) in [6, 6.07) is 23.3. The molecular weight excluding hydrogens is 920 g/mol. The molecule has 10 nitrogen and oxygen atoms in total. The van der Waals surface area contributed by atoms with Crippen LogP contribution in [-0.4, -0.2) is 66.7 Å². The van der Waals surface area contributed by atoms with E-state index in [4.69, 9.17) is 44.7 Å². The van der Waals surface area contributed by atoms with Crippen molar-refractivity contribution in [3.63, 3.8) is 0 Å². The molecular formula is C42H46BBrCl2F2N4O6S2. The minimum atomic E-state index is -3.61. The molecule has 0 fully saturated rings. The topological polar surface area (TPSA) is 185 Å². The van der Waals surface area contributed by atoms with Gasteiger partial charge in [-0.15, -0.1) is 0 Å². The van der Waals surface area contributed by atoms with E-state index in [2.05, 4.69) is 25.9 Å². The molecule has 0 saturated heterocycles. The minimum absolute atomic E-state index is 0.00521. The van der Waals surface area contributed by atoms with Gasteiger partial charge in [0.2, 0.25) is 0 Å². The monoisotopic (exact) mass is 964 g/mol. The predicted octanol–water partition coefficient (Wildman–Crippen LogP) is 8.16. The first-order valence-corrected chi connectivity index (χ1v) is 23.1. The van der Waals surface area contributed by atoms with Gasteiger partial charge in [0, 0.05) is 25.6 Å². The molecule has 0 radical (unpaired) electrons. The zero-order valence-electron chi connectivity index (χ0n) is 33.7. The maximum atomic E-state index is 14.6. The third-order valence-corrected chi connectivity index (χ3v) is 16.6. The fourth-order valence-corrected chi connectivity index (χ4v) is 10.1. The number of rotatable bonds is 6. The van der Waals surface area contributed by atoms with E-state index in [1.54, 1.807) is 80.6 Å². The van der Waals surface area contributed by atoms with Crippen molar-refractivity contribution in [3.05, 3.63) is 145 Å². The van der Waals surface area contributed by atoms with Crippen molar-refractivity contribution < 1.29 is 35.7 Å². The first-order chi connectivity index (χ1) is 27.6. The SMILES string of the molecule is CC1(C)C(N)=N[C@](C)(c2cc(/C=C/c3ccc(Cl)cc3)ccc2F)CS1(=O)=O.CC1(C)C(N)=N[C@](C)(c2cc(Br)ccc2F)CS1(=O)=O.OB(O)/C=C/c1ccc(Cl)cc1. The Hall–Kier alpha value is -3.90. The van der Waals surface area contributed by atoms with Gasteiger partial charge in [0.1, 0.15) is 43.9 Å². The molecule has 0 saturated carbocycles. The molecule has 2 aliphatic rings. The minimum Gasteiger partial charge on any atom is -0.424 e. The van der Waals surface area contributed by atoms with E-state index in [1.807, 2.05) is 24.3 Å². The van der Waals surface area contributed by atoms with Crippen molar-refractivity contribution in [2.45, 2.75) is 62.1 Å². The van der Waals surface area contributed by atoms with Gasteiger partial charge in [-0.3, -0.25) is 9.98 Å². The van der Waals surface area contributed by atoms with Gasteiger partial charge >= 0.3 is 7.12 Å². The fraction of sp³-hybridized carbons (Fsp3) is 0.286. The Bertz CT molecular complexity index is 2580. The van der Waals surface area contributed by atoms with Crippen molar-refractivity contribution in [2.75, 3.05) is 11.5 Å². The lowest BCUT2D eigenvalue weighted by Crippen LogP contribution is -2.55. The molecule has 4 aromatic carbocycles. The summed E-state index contributed by atoms with van der Waals surface area (Å²) in [7, 11) is -8.54. The number of hydrogen-bond acceptors (Lipinski definition) is 10. The summed E-state index contributed by atoms with van der Waals surface area (Å²) < 4.78 is 77.1. The number of nitrogens with two attached hydrogens (primary N) is 2. The molecule has 18 heteroatoms. The van der Waals surface area contributed by atoms with Crippen LogP contribution >= 0.6 is 39.1 Å². The maximum Gasteiger partial charge on any atom is 0.480 e. The molecule has 0 unspecified atom stereocenters. The normalized spacial score (nSPS) is 22.4. The quantitative estimate of drug-likeness (QED) is 0.110. The van der Waals surface area contributed by atoms with E-state index < -0.39 is 59.0 Å². The van der Waals surface area contributed by atoms with Gasteiger partial charge in [-0.1, -0.05) is 93.7 Å². The van der Waals surface area contributed by atoms with Gasteiger partial charge in [0.05, 0.1) is 11.5 Å². The number of benzene rings is 4. The Balaban J connectivity index is 0.000000216. The smallest absolute Gasteiger partial charge is 0.424 e. The molecule has 6 N–H and O–H groups in total. The highest BCUT2D eigenvalue weighted by Crippen LogP contribution is 2.40. The zero-order chi connectivity index (χ0) is 45.1. The van der Waals surface area contributed by atoms with E-state index >= 15 is 0 Å². The molecule has 4 aromatic rings. The molecule has 6 rings (SSSR count). The molecule has 2 heterocycles. The molecule has 0 spiro atoms. The van der Waals surface area contributed by atoms with Crippen LogP contribution in [-0.2, 0) is 30.8 Å². The molecule has 60 heavy (non-hydrogen) atoms. The van der Waals surface area contributed by atoms with Crippen LogP contribution < -0.4 is 11.5 Å². The molecule has 2 aliphatic heterocycles. The standard InChI is InChI=1S/C21H22ClFN2O2S.C13H16BrFN2O2S.C8H8BClO2/c1-20(2)19(24)25-21(3,13-28(20,26)27)17-12-15(8-11-18(17)23)5-4-14-6-9-16(22)10-7-14;1-12(2)11(16)17-13(3,7-20(12,18)19)9-6-8(14)4-5-10(9)15;10-8-3-1-7(2-4-8)5-6-9(11)12/h4-12H,13H2,1-3H3,(H2,24,25);4-6H,7H2,1-3H3,(H2,16,17);1-6,11-12H/b5-4+;;6-5+/t21-;13-;/m00./s1. The van der Waals surface area contributed by atoms with E-state index in [0.717, 1.165) is 16.7 Å². The van der Waals surface area contributed by atoms with Crippen molar-refractivity contribution in [1.82, 2.24) is 0 Å². The second-order valence-corrected chi connectivity index (χ2v) is 22.5. The number of halogens is 5. The van der Waals surface area contributed by atoms with Crippen LogP contribution in [0.15, 0.2) is 105 Å². The lowest BCUT2D eigenvalue weighted by molar-refractivity contribution is 0.424. The van der Waals surface area contributed by atoms with E-state index in [0.29, 0.717) is 14.5 Å². The number of amidine groups is 2. The average Bonchev–Trinajstić information content (AvgIpc) is 3.14. The number of aliphatic imine (C=N–C) groups is 2. The second kappa shape index (κ2) is 18.6. The maximum absolute atomic E-state index is 14.6. The molecule has 2 atom stereocenters. The van der Waals surface area contributed by atoms with Gasteiger partial charge < -0.3 is 21.5 Å². The number of sulfone groups is 2. The van der Waals surface area contributed by atoms with Crippen LogP contribution in [0.2, 0.25) is 10.0 Å². The van der Waals surface area contributed by atoms with Crippen LogP contribution in [0.5, 0.6) is 0 Å². The fourth-order valence-electron chi connectivity index (χ4n) is 6.07. The lowest BCUT2D eigenvalue weighted by atomic mass is 9.91. The van der Waals surface area contributed by atoms with Crippen LogP contribution in [0.25, 0.3) is 18.2 Å². The zero-order valence-corrected chi connectivity index (χ0v) is 38.4.